The average molecular weight is 227 g/mol. The minimum absolute atomic E-state index is 0.0802. The second-order valence-electron chi connectivity index (χ2n) is 5.99. The van der Waals surface area contributed by atoms with Crippen molar-refractivity contribution >= 4 is 0 Å². The van der Waals surface area contributed by atoms with E-state index in [-0.39, 0.29) is 5.60 Å². The zero-order valence-electron chi connectivity index (χ0n) is 10.6. The fourth-order valence-electron chi connectivity index (χ4n) is 2.96. The van der Waals surface area contributed by atoms with Gasteiger partial charge in [-0.3, -0.25) is 0 Å². The van der Waals surface area contributed by atoms with Crippen LogP contribution in [-0.4, -0.2) is 48.0 Å². The normalized spacial score (nSPS) is 35.4. The van der Waals surface area contributed by atoms with E-state index in [4.69, 9.17) is 4.74 Å². The summed E-state index contributed by atoms with van der Waals surface area (Å²) in [5.74, 6) is 0.489. The molecule has 0 aromatic carbocycles. The molecule has 2 aliphatic heterocycles. The molecule has 1 N–H and O–H groups in total. The maximum atomic E-state index is 9.19. The van der Waals surface area contributed by atoms with E-state index in [1.54, 1.807) is 0 Å². The minimum Gasteiger partial charge on any atom is -0.396 e. The molecule has 0 bridgehead atoms. The van der Waals surface area contributed by atoms with E-state index in [1.165, 1.54) is 32.2 Å². The first-order valence-corrected chi connectivity index (χ1v) is 6.60. The minimum atomic E-state index is 0.0802. The molecule has 2 saturated heterocycles. The van der Waals surface area contributed by atoms with Crippen LogP contribution in [0.2, 0.25) is 0 Å². The second-order valence-corrected chi connectivity index (χ2v) is 5.99. The quantitative estimate of drug-likeness (QED) is 0.795. The van der Waals surface area contributed by atoms with Gasteiger partial charge in [-0.05, 0) is 52.0 Å². The summed E-state index contributed by atoms with van der Waals surface area (Å²) in [4.78, 5) is 2.47. The predicted molar refractivity (Wildman–Crippen MR) is 64.4 cm³/mol. The third-order valence-corrected chi connectivity index (χ3v) is 3.88. The van der Waals surface area contributed by atoms with Gasteiger partial charge in [-0.25, -0.2) is 0 Å². The molecule has 2 aliphatic rings. The Labute approximate surface area is 98.8 Å². The standard InChI is InChI=1S/C13H25NO2/c1-13(2)6-5-12(16-13)9-14-7-3-4-11(8-14)10-15/h11-12,15H,3-10H2,1-2H3. The van der Waals surface area contributed by atoms with E-state index in [9.17, 15) is 5.11 Å². The fraction of sp³-hybridized carbons (Fsp3) is 1.00. The zero-order chi connectivity index (χ0) is 11.6. The molecule has 2 rings (SSSR count). The van der Waals surface area contributed by atoms with Crippen LogP contribution in [0.3, 0.4) is 0 Å². The lowest BCUT2D eigenvalue weighted by Crippen LogP contribution is -2.41. The average Bonchev–Trinajstić information content (AvgIpc) is 2.58. The van der Waals surface area contributed by atoms with Gasteiger partial charge in [0.05, 0.1) is 11.7 Å². The van der Waals surface area contributed by atoms with Gasteiger partial charge in [-0.1, -0.05) is 0 Å². The van der Waals surface area contributed by atoms with Crippen molar-refractivity contribution in [2.45, 2.75) is 51.2 Å². The number of rotatable bonds is 3. The van der Waals surface area contributed by atoms with E-state index in [0.717, 1.165) is 13.1 Å². The van der Waals surface area contributed by atoms with Gasteiger partial charge < -0.3 is 14.7 Å². The molecule has 2 heterocycles. The molecule has 3 nitrogen and oxygen atoms in total. The number of nitrogens with zero attached hydrogens (tertiary/aromatic N) is 1. The summed E-state index contributed by atoms with van der Waals surface area (Å²) >= 11 is 0. The molecule has 0 aromatic rings. The summed E-state index contributed by atoms with van der Waals surface area (Å²) in [6.45, 7) is 7.99. The highest BCUT2D eigenvalue weighted by molar-refractivity contribution is 4.84. The number of ether oxygens (including phenoxy) is 1. The second kappa shape index (κ2) is 5.03. The highest BCUT2D eigenvalue weighted by Crippen LogP contribution is 2.30. The number of hydrogen-bond donors (Lipinski definition) is 1. The van der Waals surface area contributed by atoms with Crippen LogP contribution >= 0.6 is 0 Å². The van der Waals surface area contributed by atoms with Crippen LogP contribution in [0.1, 0.15) is 39.5 Å². The Morgan fingerprint density at radius 1 is 1.38 bits per heavy atom. The van der Waals surface area contributed by atoms with Crippen molar-refractivity contribution in [2.24, 2.45) is 5.92 Å². The lowest BCUT2D eigenvalue weighted by molar-refractivity contribution is -0.0343. The van der Waals surface area contributed by atoms with Crippen LogP contribution in [0, 0.1) is 5.92 Å². The Bertz CT molecular complexity index is 230. The van der Waals surface area contributed by atoms with Gasteiger partial charge in [0.15, 0.2) is 0 Å². The molecule has 16 heavy (non-hydrogen) atoms. The molecule has 0 aliphatic carbocycles. The first-order valence-electron chi connectivity index (χ1n) is 6.60. The molecule has 0 aromatic heterocycles. The molecule has 94 valence electrons. The van der Waals surface area contributed by atoms with E-state index >= 15 is 0 Å². The molecule has 0 spiro atoms. The topological polar surface area (TPSA) is 32.7 Å². The van der Waals surface area contributed by atoms with Crippen molar-refractivity contribution in [3.63, 3.8) is 0 Å². The van der Waals surface area contributed by atoms with Crippen LogP contribution in [0.5, 0.6) is 0 Å². The van der Waals surface area contributed by atoms with E-state index < -0.39 is 0 Å². The molecular formula is C13H25NO2. The van der Waals surface area contributed by atoms with Crippen LogP contribution in [0.15, 0.2) is 0 Å². The van der Waals surface area contributed by atoms with Gasteiger partial charge in [-0.15, -0.1) is 0 Å². The van der Waals surface area contributed by atoms with Crippen molar-refractivity contribution in [1.29, 1.82) is 0 Å². The van der Waals surface area contributed by atoms with Crippen molar-refractivity contribution in [1.82, 2.24) is 4.90 Å². The third-order valence-electron chi connectivity index (χ3n) is 3.88. The molecule has 2 fully saturated rings. The van der Waals surface area contributed by atoms with E-state index in [1.807, 2.05) is 0 Å². The molecule has 0 radical (unpaired) electrons. The number of hydrogen-bond acceptors (Lipinski definition) is 3. The first kappa shape index (κ1) is 12.3. The molecular weight excluding hydrogens is 202 g/mol. The van der Waals surface area contributed by atoms with E-state index in [2.05, 4.69) is 18.7 Å². The summed E-state index contributed by atoms with van der Waals surface area (Å²) in [5.41, 5.74) is 0.0802. The van der Waals surface area contributed by atoms with Gasteiger partial charge in [0.1, 0.15) is 0 Å². The molecule has 0 amide bonds. The highest BCUT2D eigenvalue weighted by Gasteiger charge is 2.33. The van der Waals surface area contributed by atoms with E-state index in [0.29, 0.717) is 18.6 Å². The fourth-order valence-corrected chi connectivity index (χ4v) is 2.96. The lowest BCUT2D eigenvalue weighted by atomic mass is 9.98. The molecule has 2 atom stereocenters. The Morgan fingerprint density at radius 2 is 2.19 bits per heavy atom. The van der Waals surface area contributed by atoms with Crippen LogP contribution in [0.25, 0.3) is 0 Å². The largest absolute Gasteiger partial charge is 0.396 e. The Kier molecular flexibility index (Phi) is 3.88. The number of aliphatic hydroxyl groups excluding tert-OH is 1. The number of aliphatic hydroxyl groups is 1. The Balaban J connectivity index is 1.77. The lowest BCUT2D eigenvalue weighted by Gasteiger charge is -2.33. The van der Waals surface area contributed by atoms with Gasteiger partial charge in [0, 0.05) is 19.7 Å². The van der Waals surface area contributed by atoms with Gasteiger partial charge >= 0.3 is 0 Å². The molecule has 0 saturated carbocycles. The van der Waals surface area contributed by atoms with Crippen LogP contribution in [0.4, 0.5) is 0 Å². The molecule has 3 heteroatoms. The molecule has 2 unspecified atom stereocenters. The first-order chi connectivity index (χ1) is 7.59. The Morgan fingerprint density at radius 3 is 2.81 bits per heavy atom. The van der Waals surface area contributed by atoms with Crippen molar-refractivity contribution in [3.05, 3.63) is 0 Å². The predicted octanol–water partition coefficient (Wildman–Crippen LogP) is 1.65. The maximum absolute atomic E-state index is 9.19. The van der Waals surface area contributed by atoms with Gasteiger partial charge in [-0.2, -0.15) is 0 Å². The van der Waals surface area contributed by atoms with Gasteiger partial charge in [0.25, 0.3) is 0 Å². The van der Waals surface area contributed by atoms with Crippen LogP contribution in [-0.2, 0) is 4.74 Å². The monoisotopic (exact) mass is 227 g/mol. The Hall–Kier alpha value is -0.120. The summed E-state index contributed by atoms with van der Waals surface area (Å²) in [7, 11) is 0. The summed E-state index contributed by atoms with van der Waals surface area (Å²) in [5, 5.41) is 9.19. The smallest absolute Gasteiger partial charge is 0.0710 e. The zero-order valence-corrected chi connectivity index (χ0v) is 10.6. The highest BCUT2D eigenvalue weighted by atomic mass is 16.5. The summed E-state index contributed by atoms with van der Waals surface area (Å²) in [6, 6.07) is 0. The number of piperidine rings is 1. The number of likely N-dealkylation sites (tertiary alicyclic amines) is 1. The summed E-state index contributed by atoms with van der Waals surface area (Å²) < 4.78 is 6.02. The third kappa shape index (κ3) is 3.19. The SMILES string of the molecule is CC1(C)CCC(CN2CCCC(CO)C2)O1. The summed E-state index contributed by atoms with van der Waals surface area (Å²) in [6.07, 6.45) is 5.18. The van der Waals surface area contributed by atoms with Gasteiger partial charge in [0.2, 0.25) is 0 Å². The van der Waals surface area contributed by atoms with Crippen molar-refractivity contribution in [2.75, 3.05) is 26.2 Å². The van der Waals surface area contributed by atoms with Crippen molar-refractivity contribution in [3.8, 4) is 0 Å². The van der Waals surface area contributed by atoms with Crippen molar-refractivity contribution < 1.29 is 9.84 Å². The van der Waals surface area contributed by atoms with Crippen LogP contribution < -0.4 is 0 Å². The maximum Gasteiger partial charge on any atom is 0.0710 e.